The topological polar surface area (TPSA) is 71.5 Å². The zero-order chi connectivity index (χ0) is 14.2. The van der Waals surface area contributed by atoms with E-state index in [2.05, 4.69) is 0 Å². The summed E-state index contributed by atoms with van der Waals surface area (Å²) in [4.78, 5) is 46.2. The predicted octanol–water partition coefficient (Wildman–Crippen LogP) is 1.87. The van der Waals surface area contributed by atoms with Crippen LogP contribution in [0, 0.1) is 0 Å². The van der Waals surface area contributed by atoms with Crippen LogP contribution in [0.3, 0.4) is 0 Å². The van der Waals surface area contributed by atoms with Gasteiger partial charge in [-0.2, -0.15) is 0 Å². The lowest BCUT2D eigenvalue weighted by molar-refractivity contribution is -0.119. The molecule has 1 aliphatic heterocycles. The molecule has 2 rings (SSSR count). The average molecular weight is 298 g/mol. The SMILES string of the molecule is O=C(Cl)c1cc(C(=O)Cl)cc(N2C(=O)C=CC2=O)c1. The number of hydrogen-bond donors (Lipinski definition) is 0. The van der Waals surface area contributed by atoms with Crippen LogP contribution in [0.2, 0.25) is 0 Å². The Labute approximate surface area is 117 Å². The number of benzene rings is 1. The minimum absolute atomic E-state index is 0.0318. The van der Waals surface area contributed by atoms with Gasteiger partial charge >= 0.3 is 0 Å². The van der Waals surface area contributed by atoms with E-state index in [9.17, 15) is 19.2 Å². The Morgan fingerprint density at radius 1 is 0.842 bits per heavy atom. The number of amides is 2. The van der Waals surface area contributed by atoms with Crippen molar-refractivity contribution in [2.75, 3.05) is 4.90 Å². The first-order valence-corrected chi connectivity index (χ1v) is 5.76. The first-order valence-electron chi connectivity index (χ1n) is 5.01. The van der Waals surface area contributed by atoms with E-state index >= 15 is 0 Å². The van der Waals surface area contributed by atoms with Crippen LogP contribution in [0.15, 0.2) is 30.4 Å². The Kier molecular flexibility index (Phi) is 3.50. The molecule has 0 bridgehead atoms. The summed E-state index contributed by atoms with van der Waals surface area (Å²) in [7, 11) is 0. The van der Waals surface area contributed by atoms with Gasteiger partial charge in [-0.15, -0.1) is 0 Å². The van der Waals surface area contributed by atoms with E-state index in [-0.39, 0.29) is 16.8 Å². The summed E-state index contributed by atoms with van der Waals surface area (Å²) >= 11 is 10.7. The first kappa shape index (κ1) is 13.5. The van der Waals surface area contributed by atoms with E-state index in [0.717, 1.165) is 17.1 Å². The third-order valence-corrected chi connectivity index (χ3v) is 2.88. The summed E-state index contributed by atoms with van der Waals surface area (Å²) in [5, 5.41) is -1.65. The summed E-state index contributed by atoms with van der Waals surface area (Å²) in [6.07, 6.45) is 2.17. The molecule has 0 aromatic heterocycles. The van der Waals surface area contributed by atoms with Gasteiger partial charge in [0.05, 0.1) is 5.69 Å². The summed E-state index contributed by atoms with van der Waals surface area (Å²) in [5.74, 6) is -1.14. The minimum atomic E-state index is -0.826. The number of anilines is 1. The van der Waals surface area contributed by atoms with Gasteiger partial charge in [0, 0.05) is 23.3 Å². The van der Waals surface area contributed by atoms with Crippen LogP contribution >= 0.6 is 23.2 Å². The van der Waals surface area contributed by atoms with Crippen molar-refractivity contribution in [1.82, 2.24) is 0 Å². The quantitative estimate of drug-likeness (QED) is 0.631. The molecule has 0 N–H and O–H groups in total. The van der Waals surface area contributed by atoms with Crippen LogP contribution in [-0.2, 0) is 9.59 Å². The third-order valence-electron chi connectivity index (χ3n) is 2.44. The molecule has 2 amide bonds. The highest BCUT2D eigenvalue weighted by Gasteiger charge is 2.26. The fourth-order valence-corrected chi connectivity index (χ4v) is 1.84. The lowest BCUT2D eigenvalue weighted by Gasteiger charge is -2.15. The highest BCUT2D eigenvalue weighted by molar-refractivity contribution is 6.69. The number of carbonyl (C=O) groups excluding carboxylic acids is 4. The molecule has 96 valence electrons. The Morgan fingerprint density at radius 2 is 1.26 bits per heavy atom. The molecule has 7 heteroatoms. The smallest absolute Gasteiger partial charge is 0.258 e. The van der Waals surface area contributed by atoms with E-state index in [1.165, 1.54) is 18.2 Å². The van der Waals surface area contributed by atoms with E-state index in [1.807, 2.05) is 0 Å². The highest BCUT2D eigenvalue weighted by Crippen LogP contribution is 2.24. The monoisotopic (exact) mass is 297 g/mol. The van der Waals surface area contributed by atoms with Gasteiger partial charge in [0.1, 0.15) is 0 Å². The molecule has 0 atom stereocenters. The molecule has 0 radical (unpaired) electrons. The third kappa shape index (κ3) is 2.57. The van der Waals surface area contributed by atoms with Crippen LogP contribution in [-0.4, -0.2) is 22.3 Å². The molecule has 0 fully saturated rings. The summed E-state index contributed by atoms with van der Waals surface area (Å²) in [6.45, 7) is 0. The second-order valence-electron chi connectivity index (χ2n) is 3.66. The molecule has 1 aliphatic rings. The van der Waals surface area contributed by atoms with Gasteiger partial charge in [-0.3, -0.25) is 19.2 Å². The van der Waals surface area contributed by atoms with Gasteiger partial charge in [-0.25, -0.2) is 4.90 Å². The maximum Gasteiger partial charge on any atom is 0.258 e. The van der Waals surface area contributed by atoms with Crippen LogP contribution in [0.25, 0.3) is 0 Å². The summed E-state index contributed by atoms with van der Waals surface area (Å²) in [5.41, 5.74) is 0.00170. The van der Waals surface area contributed by atoms with Crippen molar-refractivity contribution in [3.8, 4) is 0 Å². The Balaban J connectivity index is 2.57. The van der Waals surface area contributed by atoms with Crippen molar-refractivity contribution in [2.45, 2.75) is 0 Å². The second kappa shape index (κ2) is 4.95. The standard InChI is InChI=1S/C12H5Cl2NO4/c13-11(18)6-3-7(12(14)19)5-8(4-6)15-9(16)1-2-10(15)17/h1-5H. The Morgan fingerprint density at radius 3 is 1.63 bits per heavy atom. The maximum atomic E-state index is 11.5. The number of nitrogens with zero attached hydrogens (tertiary/aromatic N) is 1. The van der Waals surface area contributed by atoms with Gasteiger partial charge in [0.15, 0.2) is 0 Å². The van der Waals surface area contributed by atoms with Crippen LogP contribution in [0.4, 0.5) is 5.69 Å². The van der Waals surface area contributed by atoms with Crippen LogP contribution in [0.5, 0.6) is 0 Å². The molecule has 19 heavy (non-hydrogen) atoms. The zero-order valence-electron chi connectivity index (χ0n) is 9.22. The minimum Gasteiger partial charge on any atom is -0.276 e. The number of carbonyl (C=O) groups is 4. The van der Waals surface area contributed by atoms with Crippen molar-refractivity contribution in [2.24, 2.45) is 0 Å². The maximum absolute atomic E-state index is 11.5. The summed E-state index contributed by atoms with van der Waals surface area (Å²) < 4.78 is 0. The van der Waals surface area contributed by atoms with E-state index in [0.29, 0.717) is 0 Å². The zero-order valence-corrected chi connectivity index (χ0v) is 10.7. The Bertz CT molecular complexity index is 601. The number of rotatable bonds is 3. The van der Waals surface area contributed by atoms with Gasteiger partial charge in [-0.1, -0.05) is 0 Å². The molecule has 1 heterocycles. The van der Waals surface area contributed by atoms with E-state index in [1.54, 1.807) is 0 Å². The molecular weight excluding hydrogens is 293 g/mol. The fraction of sp³-hybridized carbons (Fsp3) is 0. The summed E-state index contributed by atoms with van der Waals surface area (Å²) in [6, 6.07) is 3.66. The van der Waals surface area contributed by atoms with Gasteiger partial charge in [0.25, 0.3) is 22.3 Å². The van der Waals surface area contributed by atoms with Gasteiger partial charge in [-0.05, 0) is 41.4 Å². The molecular formula is C12H5Cl2NO4. The van der Waals surface area contributed by atoms with Crippen LogP contribution in [0.1, 0.15) is 20.7 Å². The highest BCUT2D eigenvalue weighted by atomic mass is 35.5. The fourth-order valence-electron chi connectivity index (χ4n) is 1.62. The predicted molar refractivity (Wildman–Crippen MR) is 68.4 cm³/mol. The number of hydrogen-bond acceptors (Lipinski definition) is 4. The van der Waals surface area contributed by atoms with Crippen LogP contribution < -0.4 is 4.90 Å². The molecule has 1 aromatic rings. The largest absolute Gasteiger partial charge is 0.276 e. The lowest BCUT2D eigenvalue weighted by atomic mass is 10.1. The lowest BCUT2D eigenvalue weighted by Crippen LogP contribution is -2.29. The number of imide groups is 1. The van der Waals surface area contributed by atoms with Gasteiger partial charge < -0.3 is 0 Å². The van der Waals surface area contributed by atoms with Crippen molar-refractivity contribution in [1.29, 1.82) is 0 Å². The molecule has 0 unspecified atom stereocenters. The first-order chi connectivity index (χ1) is 8.90. The van der Waals surface area contributed by atoms with E-state index in [4.69, 9.17) is 23.2 Å². The molecule has 0 aliphatic carbocycles. The Hall–Kier alpha value is -1.98. The van der Waals surface area contributed by atoms with Crippen molar-refractivity contribution in [3.05, 3.63) is 41.5 Å². The van der Waals surface area contributed by atoms with Gasteiger partial charge in [0.2, 0.25) is 0 Å². The second-order valence-corrected chi connectivity index (χ2v) is 4.35. The van der Waals surface area contributed by atoms with Crippen molar-refractivity contribution >= 4 is 51.2 Å². The number of halogens is 2. The molecule has 0 saturated heterocycles. The van der Waals surface area contributed by atoms with Crippen molar-refractivity contribution in [3.63, 3.8) is 0 Å². The molecule has 5 nitrogen and oxygen atoms in total. The molecule has 1 aromatic carbocycles. The van der Waals surface area contributed by atoms with E-state index < -0.39 is 22.3 Å². The molecule has 0 spiro atoms. The average Bonchev–Trinajstić information content (AvgIpc) is 2.68. The molecule has 0 saturated carbocycles. The normalized spacial score (nSPS) is 14.1. The van der Waals surface area contributed by atoms with Crippen molar-refractivity contribution < 1.29 is 19.2 Å².